The van der Waals surface area contributed by atoms with Gasteiger partial charge in [-0.1, -0.05) is 11.6 Å². The molecule has 2 atom stereocenters. The van der Waals surface area contributed by atoms with Gasteiger partial charge in [-0.05, 0) is 48.4 Å². The fraction of sp³-hybridized carbons (Fsp3) is 0.368. The van der Waals surface area contributed by atoms with Crippen LogP contribution in [0.15, 0.2) is 36.4 Å². The summed E-state index contributed by atoms with van der Waals surface area (Å²) in [6.45, 7) is 0. The highest BCUT2D eigenvalue weighted by molar-refractivity contribution is 6.30. The number of halogens is 1. The van der Waals surface area contributed by atoms with Crippen molar-refractivity contribution in [3.8, 4) is 17.2 Å². The maximum absolute atomic E-state index is 5.97. The predicted molar refractivity (Wildman–Crippen MR) is 97.1 cm³/mol. The van der Waals surface area contributed by atoms with Crippen LogP contribution in [-0.2, 0) is 0 Å². The van der Waals surface area contributed by atoms with Crippen LogP contribution in [-0.4, -0.2) is 34.4 Å². The summed E-state index contributed by atoms with van der Waals surface area (Å²) in [6.07, 6.45) is 1.10. The van der Waals surface area contributed by atoms with Crippen LogP contribution < -0.4 is 19.1 Å². The van der Waals surface area contributed by atoms with E-state index >= 15 is 0 Å². The van der Waals surface area contributed by atoms with E-state index in [4.69, 9.17) is 25.8 Å². The van der Waals surface area contributed by atoms with E-state index in [0.29, 0.717) is 29.2 Å². The summed E-state index contributed by atoms with van der Waals surface area (Å²) in [4.78, 5) is 2.30. The lowest BCUT2D eigenvalue weighted by molar-refractivity contribution is 0.324. The summed E-state index contributed by atoms with van der Waals surface area (Å²) < 4.78 is 16.3. The number of nitrogens with zero attached hydrogens (tertiary/aromatic N) is 1. The number of benzene rings is 2. The van der Waals surface area contributed by atoms with Gasteiger partial charge in [0.2, 0.25) is 5.75 Å². The molecule has 0 radical (unpaired) electrons. The minimum atomic E-state index is 0.444. The van der Waals surface area contributed by atoms with E-state index in [9.17, 15) is 0 Å². The lowest BCUT2D eigenvalue weighted by atomic mass is 10.1. The molecular formula is C19H22ClNO3. The largest absolute Gasteiger partial charge is 0.493 e. The van der Waals surface area contributed by atoms with Crippen molar-refractivity contribution in [1.82, 2.24) is 0 Å². The van der Waals surface area contributed by atoms with Crippen molar-refractivity contribution in [1.29, 1.82) is 0 Å². The Bertz CT molecular complexity index is 692. The second-order valence-electron chi connectivity index (χ2n) is 5.96. The Morgan fingerprint density at radius 3 is 2.04 bits per heavy atom. The van der Waals surface area contributed by atoms with Crippen molar-refractivity contribution in [3.05, 3.63) is 47.0 Å². The second-order valence-corrected chi connectivity index (χ2v) is 6.39. The molecule has 0 amide bonds. The summed E-state index contributed by atoms with van der Waals surface area (Å²) in [5.74, 6) is 2.48. The Morgan fingerprint density at radius 1 is 0.958 bits per heavy atom. The Kier molecular flexibility index (Phi) is 4.76. The highest BCUT2D eigenvalue weighted by atomic mass is 35.5. The number of methoxy groups -OCH3 is 3. The van der Waals surface area contributed by atoms with Crippen molar-refractivity contribution in [2.45, 2.75) is 18.4 Å². The first-order valence-electron chi connectivity index (χ1n) is 7.87. The van der Waals surface area contributed by atoms with Gasteiger partial charge in [-0.25, -0.2) is 0 Å². The van der Waals surface area contributed by atoms with Gasteiger partial charge in [-0.3, -0.25) is 0 Å². The van der Waals surface area contributed by atoms with Crippen LogP contribution in [0.5, 0.6) is 17.2 Å². The van der Waals surface area contributed by atoms with Gasteiger partial charge in [0.15, 0.2) is 11.5 Å². The van der Waals surface area contributed by atoms with Crippen LogP contribution in [0.3, 0.4) is 0 Å². The average molecular weight is 348 g/mol. The molecule has 0 spiro atoms. The zero-order valence-electron chi connectivity index (χ0n) is 14.4. The van der Waals surface area contributed by atoms with E-state index < -0.39 is 0 Å². The minimum Gasteiger partial charge on any atom is -0.493 e. The molecule has 5 heteroatoms. The molecule has 1 aliphatic carbocycles. The third-order valence-electron chi connectivity index (χ3n) is 4.60. The molecule has 0 saturated heterocycles. The quantitative estimate of drug-likeness (QED) is 0.777. The molecule has 2 aromatic carbocycles. The SMILES string of the molecule is COc1cc(C2CC2N(C)c2ccc(Cl)cc2)cc(OC)c1OC. The first kappa shape index (κ1) is 16.8. The van der Waals surface area contributed by atoms with Crippen LogP contribution in [0.25, 0.3) is 0 Å². The third-order valence-corrected chi connectivity index (χ3v) is 4.86. The number of rotatable bonds is 6. The highest BCUT2D eigenvalue weighted by Crippen LogP contribution is 2.49. The first-order valence-corrected chi connectivity index (χ1v) is 8.25. The van der Waals surface area contributed by atoms with Crippen LogP contribution in [0.2, 0.25) is 5.02 Å². The smallest absolute Gasteiger partial charge is 0.203 e. The molecule has 1 fully saturated rings. The second kappa shape index (κ2) is 6.81. The maximum atomic E-state index is 5.97. The number of hydrogen-bond donors (Lipinski definition) is 0. The summed E-state index contributed by atoms with van der Waals surface area (Å²) in [7, 11) is 7.02. The minimum absolute atomic E-state index is 0.444. The van der Waals surface area contributed by atoms with Crippen molar-refractivity contribution in [3.63, 3.8) is 0 Å². The lowest BCUT2D eigenvalue weighted by Crippen LogP contribution is -2.20. The van der Waals surface area contributed by atoms with Gasteiger partial charge in [0.1, 0.15) is 0 Å². The molecule has 128 valence electrons. The van der Waals surface area contributed by atoms with Gasteiger partial charge >= 0.3 is 0 Å². The fourth-order valence-corrected chi connectivity index (χ4v) is 3.28. The molecule has 4 nitrogen and oxygen atoms in total. The molecule has 0 aliphatic heterocycles. The summed E-state index contributed by atoms with van der Waals surface area (Å²) in [5, 5.41) is 0.754. The zero-order valence-corrected chi connectivity index (χ0v) is 15.1. The van der Waals surface area contributed by atoms with Crippen LogP contribution in [0.4, 0.5) is 5.69 Å². The average Bonchev–Trinajstić information content (AvgIpc) is 3.41. The first-order chi connectivity index (χ1) is 11.6. The van der Waals surface area contributed by atoms with Crippen LogP contribution in [0, 0.1) is 0 Å². The monoisotopic (exact) mass is 347 g/mol. The van der Waals surface area contributed by atoms with Crippen LogP contribution >= 0.6 is 11.6 Å². The van der Waals surface area contributed by atoms with Crippen molar-refractivity contribution in [2.75, 3.05) is 33.3 Å². The number of likely N-dealkylation sites (N-methyl/N-ethyl adjacent to an activating group) is 1. The molecular weight excluding hydrogens is 326 g/mol. The molecule has 0 heterocycles. The number of ether oxygens (including phenoxy) is 3. The van der Waals surface area contributed by atoms with Crippen molar-refractivity contribution >= 4 is 17.3 Å². The van der Waals surface area contributed by atoms with E-state index in [-0.39, 0.29) is 0 Å². The van der Waals surface area contributed by atoms with Gasteiger partial charge < -0.3 is 19.1 Å². The van der Waals surface area contributed by atoms with Gasteiger partial charge in [0.25, 0.3) is 0 Å². The van der Waals surface area contributed by atoms with Gasteiger partial charge in [-0.15, -0.1) is 0 Å². The summed E-state index contributed by atoms with van der Waals surface area (Å²) >= 11 is 5.97. The fourth-order valence-electron chi connectivity index (χ4n) is 3.15. The summed E-state index contributed by atoms with van der Waals surface area (Å²) in [5.41, 5.74) is 2.37. The normalized spacial score (nSPS) is 18.9. The third kappa shape index (κ3) is 3.11. The maximum Gasteiger partial charge on any atom is 0.203 e. The van der Waals surface area contributed by atoms with Gasteiger partial charge in [-0.2, -0.15) is 0 Å². The molecule has 1 aliphatic rings. The molecule has 2 aromatic rings. The van der Waals surface area contributed by atoms with Gasteiger partial charge in [0.05, 0.1) is 21.3 Å². The molecule has 0 N–H and O–H groups in total. The van der Waals surface area contributed by atoms with Crippen LogP contribution in [0.1, 0.15) is 17.9 Å². The lowest BCUT2D eigenvalue weighted by Gasteiger charge is -2.20. The zero-order chi connectivity index (χ0) is 17.3. The number of anilines is 1. The molecule has 24 heavy (non-hydrogen) atoms. The Morgan fingerprint density at radius 2 is 1.54 bits per heavy atom. The molecule has 3 rings (SSSR count). The van der Waals surface area contributed by atoms with Crippen molar-refractivity contribution in [2.24, 2.45) is 0 Å². The standard InChI is InChI=1S/C19H22ClNO3/c1-21(14-7-5-13(20)6-8-14)16-11-15(16)12-9-17(22-2)19(24-4)18(10-12)23-3/h5-10,15-16H,11H2,1-4H3. The van der Waals surface area contributed by atoms with E-state index in [1.165, 1.54) is 11.3 Å². The Labute approximate surface area is 147 Å². The Balaban J connectivity index is 1.82. The predicted octanol–water partition coefficient (Wildman–Crippen LogP) is 4.36. The van der Waals surface area contributed by atoms with E-state index in [2.05, 4.69) is 11.9 Å². The van der Waals surface area contributed by atoms with Gasteiger partial charge in [0, 0.05) is 29.7 Å². The molecule has 1 saturated carbocycles. The molecule has 0 bridgehead atoms. The highest BCUT2D eigenvalue weighted by Gasteiger charge is 2.42. The Hall–Kier alpha value is -2.07. The van der Waals surface area contributed by atoms with E-state index in [1.807, 2.05) is 36.4 Å². The molecule has 2 unspecified atom stereocenters. The van der Waals surface area contributed by atoms with E-state index in [0.717, 1.165) is 11.4 Å². The summed E-state index contributed by atoms with van der Waals surface area (Å²) in [6, 6.07) is 12.5. The molecule has 0 aromatic heterocycles. The topological polar surface area (TPSA) is 30.9 Å². The van der Waals surface area contributed by atoms with E-state index in [1.54, 1.807) is 21.3 Å². The van der Waals surface area contributed by atoms with Crippen molar-refractivity contribution < 1.29 is 14.2 Å². The number of hydrogen-bond acceptors (Lipinski definition) is 4.